The lowest BCUT2D eigenvalue weighted by molar-refractivity contribution is -0.118. The number of aliphatic hydroxyl groups excluding tert-OH is 2. The maximum absolute atomic E-state index is 14.1. The third-order valence-corrected chi connectivity index (χ3v) is 7.30. The Morgan fingerprint density at radius 1 is 1.05 bits per heavy atom. The van der Waals surface area contributed by atoms with Crippen LogP contribution in [-0.2, 0) is 11.3 Å². The molecule has 10 heteroatoms. The van der Waals surface area contributed by atoms with Gasteiger partial charge in [0.05, 0.1) is 31.1 Å². The highest BCUT2D eigenvalue weighted by molar-refractivity contribution is 5.98. The Balaban J connectivity index is 1.46. The van der Waals surface area contributed by atoms with Crippen molar-refractivity contribution in [3.8, 4) is 5.75 Å². The molecule has 2 aromatic carbocycles. The number of benzene rings is 2. The van der Waals surface area contributed by atoms with Crippen molar-refractivity contribution in [1.29, 1.82) is 0 Å². The van der Waals surface area contributed by atoms with E-state index >= 15 is 0 Å². The molecule has 204 valence electrons. The molecule has 0 bridgehead atoms. The Morgan fingerprint density at radius 3 is 2.65 bits per heavy atom. The van der Waals surface area contributed by atoms with Crippen LogP contribution >= 0.6 is 0 Å². The minimum absolute atomic E-state index is 0.0269. The maximum Gasteiger partial charge on any atom is 0.349 e. The highest BCUT2D eigenvalue weighted by Crippen LogP contribution is 2.47. The first-order valence-corrected chi connectivity index (χ1v) is 12.9. The van der Waals surface area contributed by atoms with Crippen LogP contribution in [0.4, 0.5) is 0 Å². The molecule has 1 aliphatic carbocycles. The molecule has 0 fully saturated rings. The second kappa shape index (κ2) is 10.5. The van der Waals surface area contributed by atoms with Crippen LogP contribution in [0.2, 0.25) is 0 Å². The first kappa shape index (κ1) is 25.6. The van der Waals surface area contributed by atoms with Gasteiger partial charge in [0.25, 0.3) is 5.91 Å². The topological polar surface area (TPSA) is 142 Å². The zero-order chi connectivity index (χ0) is 27.8. The summed E-state index contributed by atoms with van der Waals surface area (Å²) in [5.41, 5.74) is 0.937. The Kier molecular flexibility index (Phi) is 6.71. The second-order valence-electron chi connectivity index (χ2n) is 9.73. The predicted octanol–water partition coefficient (Wildman–Crippen LogP) is 2.35. The minimum atomic E-state index is -1.25. The number of amides is 2. The average Bonchev–Trinajstić information content (AvgIpc) is 3.63. The standard InChI is InChI=1S/C30H26N2O8/c33-11-10-31-28(35)20-14-22(26(34)27-25(20)19-6-2-4-8-24(19)39-27)32(15-17-9-12-38-16-17)29(36)21-13-18-5-1-3-7-23(18)40-30(21)37/h1-9,12-14,16,22,25-27,33-34H,10-11,15H2,(H,31,35)/t22-,25+,26+,27+/m1/s1. The fourth-order valence-electron chi connectivity index (χ4n) is 5.45. The Morgan fingerprint density at radius 2 is 1.85 bits per heavy atom. The number of nitrogens with one attached hydrogen (secondary N) is 1. The zero-order valence-corrected chi connectivity index (χ0v) is 21.2. The maximum atomic E-state index is 14.1. The molecule has 3 heterocycles. The van der Waals surface area contributed by atoms with Gasteiger partial charge in [-0.15, -0.1) is 0 Å². The van der Waals surface area contributed by atoms with Crippen LogP contribution in [0.5, 0.6) is 5.75 Å². The molecule has 0 saturated carbocycles. The minimum Gasteiger partial charge on any atom is -0.486 e. The first-order valence-electron chi connectivity index (χ1n) is 12.9. The molecule has 0 radical (unpaired) electrons. The van der Waals surface area contributed by atoms with Crippen molar-refractivity contribution in [1.82, 2.24) is 10.2 Å². The van der Waals surface area contributed by atoms with Gasteiger partial charge in [0.1, 0.15) is 29.1 Å². The van der Waals surface area contributed by atoms with Crippen molar-refractivity contribution < 1.29 is 33.4 Å². The van der Waals surface area contributed by atoms with Crippen molar-refractivity contribution >= 4 is 22.8 Å². The van der Waals surface area contributed by atoms with E-state index in [1.54, 1.807) is 48.5 Å². The summed E-state index contributed by atoms with van der Waals surface area (Å²) >= 11 is 0. The number of furan rings is 1. The van der Waals surface area contributed by atoms with Gasteiger partial charge in [0, 0.05) is 35.2 Å². The van der Waals surface area contributed by atoms with Crippen molar-refractivity contribution in [2.45, 2.75) is 30.7 Å². The largest absolute Gasteiger partial charge is 0.486 e. The summed E-state index contributed by atoms with van der Waals surface area (Å²) in [6.45, 7) is -0.260. The van der Waals surface area contributed by atoms with E-state index in [2.05, 4.69) is 5.32 Å². The van der Waals surface area contributed by atoms with Gasteiger partial charge in [-0.05, 0) is 30.3 Å². The van der Waals surface area contributed by atoms with Gasteiger partial charge in [-0.2, -0.15) is 0 Å². The van der Waals surface area contributed by atoms with Gasteiger partial charge in [-0.1, -0.05) is 36.4 Å². The molecular weight excluding hydrogens is 516 g/mol. The summed E-state index contributed by atoms with van der Waals surface area (Å²) in [6, 6.07) is 16.1. The summed E-state index contributed by atoms with van der Waals surface area (Å²) in [7, 11) is 0. The molecule has 6 rings (SSSR count). The molecule has 2 aliphatic rings. The Hall–Kier alpha value is -4.67. The molecule has 4 atom stereocenters. The number of ether oxygens (including phenoxy) is 1. The van der Waals surface area contributed by atoms with Gasteiger partial charge < -0.3 is 34.0 Å². The molecule has 1 aliphatic heterocycles. The van der Waals surface area contributed by atoms with E-state index in [9.17, 15) is 24.6 Å². The Bertz CT molecular complexity index is 1660. The number of nitrogens with zero attached hydrogens (tertiary/aromatic N) is 1. The molecule has 0 spiro atoms. The van der Waals surface area contributed by atoms with Gasteiger partial charge >= 0.3 is 5.63 Å². The van der Waals surface area contributed by atoms with Crippen LogP contribution in [-0.4, -0.2) is 58.3 Å². The van der Waals surface area contributed by atoms with E-state index < -0.39 is 41.6 Å². The number of carbonyl (C=O) groups is 2. The molecule has 0 unspecified atom stereocenters. The SMILES string of the molecule is O=C(NCCO)C1=C[C@@H](N(Cc2ccoc2)C(=O)c2cc3ccccc3oc2=O)[C@H](O)[C@H]2Oc3ccccc3[C@@H]12. The summed E-state index contributed by atoms with van der Waals surface area (Å²) in [5, 5.41) is 24.2. The summed E-state index contributed by atoms with van der Waals surface area (Å²) < 4.78 is 16.8. The second-order valence-corrected chi connectivity index (χ2v) is 9.73. The molecule has 2 amide bonds. The Labute approximate surface area is 228 Å². The van der Waals surface area contributed by atoms with Crippen LogP contribution in [0.1, 0.15) is 27.4 Å². The van der Waals surface area contributed by atoms with Gasteiger partial charge in [-0.3, -0.25) is 9.59 Å². The van der Waals surface area contributed by atoms with Crippen LogP contribution < -0.4 is 15.7 Å². The van der Waals surface area contributed by atoms with Crippen molar-refractivity contribution in [2.24, 2.45) is 0 Å². The molecular formula is C30H26N2O8. The van der Waals surface area contributed by atoms with Gasteiger partial charge in [-0.25, -0.2) is 4.79 Å². The molecule has 0 saturated heterocycles. The van der Waals surface area contributed by atoms with Crippen molar-refractivity contribution in [2.75, 3.05) is 13.2 Å². The molecule has 40 heavy (non-hydrogen) atoms. The third kappa shape index (κ3) is 4.47. The number of hydrogen-bond donors (Lipinski definition) is 3. The number of para-hydroxylation sites is 2. The highest BCUT2D eigenvalue weighted by Gasteiger charge is 2.50. The van der Waals surface area contributed by atoms with E-state index in [0.29, 0.717) is 22.3 Å². The van der Waals surface area contributed by atoms with E-state index in [-0.39, 0.29) is 30.8 Å². The van der Waals surface area contributed by atoms with E-state index in [1.165, 1.54) is 23.5 Å². The molecule has 4 aromatic rings. The number of fused-ring (bicyclic) bond motifs is 4. The van der Waals surface area contributed by atoms with Crippen molar-refractivity contribution in [3.05, 3.63) is 112 Å². The first-order chi connectivity index (χ1) is 19.5. The fourth-order valence-corrected chi connectivity index (χ4v) is 5.45. The summed E-state index contributed by atoms with van der Waals surface area (Å²) in [4.78, 5) is 41.7. The van der Waals surface area contributed by atoms with E-state index in [1.807, 2.05) is 12.1 Å². The fraction of sp³-hybridized carbons (Fsp3) is 0.233. The zero-order valence-electron chi connectivity index (χ0n) is 21.2. The number of hydrogen-bond acceptors (Lipinski definition) is 8. The smallest absolute Gasteiger partial charge is 0.349 e. The third-order valence-electron chi connectivity index (χ3n) is 7.30. The van der Waals surface area contributed by atoms with E-state index in [0.717, 1.165) is 5.56 Å². The van der Waals surface area contributed by atoms with Crippen LogP contribution in [0.25, 0.3) is 11.0 Å². The number of rotatable bonds is 7. The van der Waals surface area contributed by atoms with E-state index in [4.69, 9.17) is 13.6 Å². The van der Waals surface area contributed by atoms with Crippen LogP contribution in [0, 0.1) is 0 Å². The summed E-state index contributed by atoms with van der Waals surface area (Å²) in [6.07, 6.45) is 2.33. The monoisotopic (exact) mass is 542 g/mol. The lowest BCUT2D eigenvalue weighted by Crippen LogP contribution is -2.55. The molecule has 10 nitrogen and oxygen atoms in total. The lowest BCUT2D eigenvalue weighted by Gasteiger charge is -2.40. The highest BCUT2D eigenvalue weighted by atomic mass is 16.5. The van der Waals surface area contributed by atoms with Gasteiger partial charge in [0.2, 0.25) is 5.91 Å². The predicted molar refractivity (Wildman–Crippen MR) is 143 cm³/mol. The number of aliphatic hydroxyl groups is 2. The van der Waals surface area contributed by atoms with Crippen LogP contribution in [0.3, 0.4) is 0 Å². The normalized spacial score (nSPS) is 21.2. The molecule has 3 N–H and O–H groups in total. The lowest BCUT2D eigenvalue weighted by atomic mass is 9.77. The number of carbonyl (C=O) groups excluding carboxylic acids is 2. The summed E-state index contributed by atoms with van der Waals surface area (Å²) in [5.74, 6) is -1.22. The van der Waals surface area contributed by atoms with Gasteiger partial charge in [0.15, 0.2) is 0 Å². The molecule has 2 aromatic heterocycles. The van der Waals surface area contributed by atoms with Crippen molar-refractivity contribution in [3.63, 3.8) is 0 Å². The van der Waals surface area contributed by atoms with Crippen LogP contribution in [0.15, 0.2) is 98.5 Å². The quantitative estimate of drug-likeness (QED) is 0.302. The average molecular weight is 543 g/mol.